The van der Waals surface area contributed by atoms with Crippen molar-refractivity contribution in [1.29, 1.82) is 0 Å². The van der Waals surface area contributed by atoms with Gasteiger partial charge in [0.05, 0.1) is 5.69 Å². The highest BCUT2D eigenvalue weighted by atomic mass is 35.5. The number of benzene rings is 1. The number of nitrogens with two attached hydrogens (primary N) is 1. The summed E-state index contributed by atoms with van der Waals surface area (Å²) in [4.78, 5) is 15.4. The number of nitrogens with zero attached hydrogens (tertiary/aromatic N) is 3. The third-order valence-electron chi connectivity index (χ3n) is 6.22. The zero-order valence-electron chi connectivity index (χ0n) is 17.1. The minimum absolute atomic E-state index is 0. The van der Waals surface area contributed by atoms with Crippen LogP contribution in [0, 0.1) is 19.8 Å². The summed E-state index contributed by atoms with van der Waals surface area (Å²) >= 11 is 0. The zero-order valence-corrected chi connectivity index (χ0v) is 17.9. The van der Waals surface area contributed by atoms with Gasteiger partial charge < -0.3 is 10.6 Å². The van der Waals surface area contributed by atoms with Crippen molar-refractivity contribution in [3.05, 3.63) is 46.3 Å². The first kappa shape index (κ1) is 20.9. The van der Waals surface area contributed by atoms with Crippen LogP contribution in [0.5, 0.6) is 0 Å². The van der Waals surface area contributed by atoms with Crippen LogP contribution in [-0.2, 0) is 12.8 Å². The first-order chi connectivity index (χ1) is 13.0. The highest BCUT2D eigenvalue weighted by Gasteiger charge is 2.34. The summed E-state index contributed by atoms with van der Waals surface area (Å²) in [6, 6.07) is 6.54. The van der Waals surface area contributed by atoms with Gasteiger partial charge in [-0.25, -0.2) is 4.68 Å². The molecule has 152 valence electrons. The van der Waals surface area contributed by atoms with Crippen LogP contribution in [0.2, 0.25) is 0 Å². The van der Waals surface area contributed by atoms with E-state index in [0.717, 1.165) is 49.9 Å². The van der Waals surface area contributed by atoms with E-state index < -0.39 is 0 Å². The molecule has 1 aromatic heterocycles. The van der Waals surface area contributed by atoms with Gasteiger partial charge >= 0.3 is 0 Å². The fourth-order valence-electron chi connectivity index (χ4n) is 4.73. The van der Waals surface area contributed by atoms with E-state index in [9.17, 15) is 4.79 Å². The standard InChI is InChI=1S/C22H30N4O.ClH/c1-14-7-8-19(16(3)11-14)26-20-6-4-5-18(20)21(24-26)22(27)25-10-9-15(2)12-17(25)13-23;/h7-8,11,15,17H,4-6,9-10,12-13,23H2,1-3H3;1H. The van der Waals surface area contributed by atoms with Crippen LogP contribution in [0.15, 0.2) is 18.2 Å². The molecule has 1 aliphatic carbocycles. The van der Waals surface area contributed by atoms with Crippen molar-refractivity contribution in [1.82, 2.24) is 14.7 Å². The number of hydrogen-bond acceptors (Lipinski definition) is 3. The lowest BCUT2D eigenvalue weighted by atomic mass is 9.92. The third-order valence-corrected chi connectivity index (χ3v) is 6.22. The Morgan fingerprint density at radius 1 is 1.29 bits per heavy atom. The minimum atomic E-state index is 0. The number of amides is 1. The summed E-state index contributed by atoms with van der Waals surface area (Å²) in [7, 11) is 0. The van der Waals surface area contributed by atoms with Gasteiger partial charge in [0.25, 0.3) is 5.91 Å². The summed E-state index contributed by atoms with van der Waals surface area (Å²) in [5.41, 5.74) is 12.5. The van der Waals surface area contributed by atoms with Gasteiger partial charge in [-0.1, -0.05) is 24.6 Å². The smallest absolute Gasteiger partial charge is 0.274 e. The SMILES string of the molecule is Cc1ccc(-n2nc(C(=O)N3CCC(C)CC3CN)c3c2CCC3)c(C)c1.Cl. The predicted octanol–water partition coefficient (Wildman–Crippen LogP) is 3.60. The van der Waals surface area contributed by atoms with Gasteiger partial charge in [0.2, 0.25) is 0 Å². The molecule has 1 saturated heterocycles. The van der Waals surface area contributed by atoms with Gasteiger partial charge in [0.1, 0.15) is 0 Å². The molecule has 0 spiro atoms. The Morgan fingerprint density at radius 3 is 2.79 bits per heavy atom. The average Bonchev–Trinajstić information content (AvgIpc) is 3.24. The van der Waals surface area contributed by atoms with Crippen LogP contribution in [0.3, 0.4) is 0 Å². The highest BCUT2D eigenvalue weighted by Crippen LogP contribution is 2.31. The van der Waals surface area contributed by atoms with Crippen LogP contribution >= 0.6 is 12.4 Å². The first-order valence-corrected chi connectivity index (χ1v) is 10.2. The monoisotopic (exact) mass is 402 g/mol. The van der Waals surface area contributed by atoms with E-state index in [4.69, 9.17) is 10.8 Å². The molecular formula is C22H31ClN4O. The molecular weight excluding hydrogens is 372 g/mol. The van der Waals surface area contributed by atoms with Crippen LogP contribution in [0.25, 0.3) is 5.69 Å². The van der Waals surface area contributed by atoms with Crippen LogP contribution < -0.4 is 5.73 Å². The Labute approximate surface area is 173 Å². The summed E-state index contributed by atoms with van der Waals surface area (Å²) in [6.45, 7) is 7.77. The van der Waals surface area contributed by atoms with E-state index in [1.165, 1.54) is 16.8 Å². The molecule has 4 rings (SSSR count). The number of halogens is 1. The van der Waals surface area contributed by atoms with Crippen LogP contribution in [-0.4, -0.2) is 39.7 Å². The Morgan fingerprint density at radius 2 is 2.07 bits per heavy atom. The largest absolute Gasteiger partial charge is 0.333 e. The van der Waals surface area contributed by atoms with Gasteiger partial charge in [0, 0.05) is 30.4 Å². The molecule has 2 atom stereocenters. The molecule has 1 fully saturated rings. The molecule has 0 radical (unpaired) electrons. The summed E-state index contributed by atoms with van der Waals surface area (Å²) in [5, 5.41) is 4.84. The Hall–Kier alpha value is -1.85. The number of hydrogen-bond donors (Lipinski definition) is 1. The molecule has 1 amide bonds. The highest BCUT2D eigenvalue weighted by molar-refractivity contribution is 5.94. The Balaban J connectivity index is 0.00000225. The molecule has 2 aliphatic rings. The number of fused-ring (bicyclic) bond motifs is 1. The van der Waals surface area contributed by atoms with Crippen molar-refractivity contribution in [2.45, 2.75) is 58.9 Å². The molecule has 1 aromatic carbocycles. The van der Waals surface area contributed by atoms with Gasteiger partial charge in [-0.3, -0.25) is 4.79 Å². The van der Waals surface area contributed by atoms with Crippen molar-refractivity contribution < 1.29 is 4.79 Å². The number of rotatable bonds is 3. The van der Waals surface area contributed by atoms with E-state index >= 15 is 0 Å². The second kappa shape index (κ2) is 8.26. The Kier molecular flexibility index (Phi) is 6.15. The van der Waals surface area contributed by atoms with E-state index in [0.29, 0.717) is 18.2 Å². The van der Waals surface area contributed by atoms with E-state index in [1.54, 1.807) is 0 Å². The van der Waals surface area contributed by atoms with Gasteiger partial charge in [-0.05, 0) is 63.5 Å². The quantitative estimate of drug-likeness (QED) is 0.853. The number of carbonyl (C=O) groups excluding carboxylic acids is 1. The molecule has 28 heavy (non-hydrogen) atoms. The van der Waals surface area contributed by atoms with Gasteiger partial charge in [0.15, 0.2) is 5.69 Å². The predicted molar refractivity (Wildman–Crippen MR) is 115 cm³/mol. The molecule has 1 aliphatic heterocycles. The molecule has 5 nitrogen and oxygen atoms in total. The van der Waals surface area contributed by atoms with Gasteiger partial charge in [-0.15, -0.1) is 12.4 Å². The average molecular weight is 403 g/mol. The van der Waals surface area contributed by atoms with Crippen LogP contribution in [0.4, 0.5) is 0 Å². The fraction of sp³-hybridized carbons (Fsp3) is 0.545. The molecule has 6 heteroatoms. The van der Waals surface area contributed by atoms with E-state index in [2.05, 4.69) is 39.0 Å². The maximum Gasteiger partial charge on any atom is 0.274 e. The van der Waals surface area contributed by atoms with Crippen molar-refractivity contribution in [3.63, 3.8) is 0 Å². The van der Waals surface area contributed by atoms with Crippen molar-refractivity contribution in [3.8, 4) is 5.69 Å². The first-order valence-electron chi connectivity index (χ1n) is 10.2. The maximum absolute atomic E-state index is 13.4. The van der Waals surface area contributed by atoms with E-state index in [1.807, 2.05) is 9.58 Å². The molecule has 0 bridgehead atoms. The second-order valence-corrected chi connectivity index (χ2v) is 8.35. The molecule has 2 unspecified atom stereocenters. The second-order valence-electron chi connectivity index (χ2n) is 8.35. The van der Waals surface area contributed by atoms with Crippen LogP contribution in [0.1, 0.15) is 59.1 Å². The fourth-order valence-corrected chi connectivity index (χ4v) is 4.73. The topological polar surface area (TPSA) is 64.2 Å². The summed E-state index contributed by atoms with van der Waals surface area (Å²) < 4.78 is 2.02. The molecule has 2 aromatic rings. The molecule has 0 saturated carbocycles. The van der Waals surface area contributed by atoms with Crippen molar-refractivity contribution in [2.75, 3.05) is 13.1 Å². The Bertz CT molecular complexity index is 876. The summed E-state index contributed by atoms with van der Waals surface area (Å²) in [6.07, 6.45) is 5.05. The lowest BCUT2D eigenvalue weighted by molar-refractivity contribution is 0.0566. The molecule has 2 N–H and O–H groups in total. The molecule has 2 heterocycles. The number of aromatic nitrogens is 2. The lowest BCUT2D eigenvalue weighted by Crippen LogP contribution is -2.49. The van der Waals surface area contributed by atoms with Crippen molar-refractivity contribution >= 4 is 18.3 Å². The van der Waals surface area contributed by atoms with Gasteiger partial charge in [-0.2, -0.15) is 5.10 Å². The van der Waals surface area contributed by atoms with Crippen molar-refractivity contribution in [2.24, 2.45) is 11.7 Å². The number of likely N-dealkylation sites (tertiary alicyclic amines) is 1. The number of aryl methyl sites for hydroxylation is 2. The summed E-state index contributed by atoms with van der Waals surface area (Å²) in [5.74, 6) is 0.695. The number of piperidine rings is 1. The number of carbonyl (C=O) groups is 1. The zero-order chi connectivity index (χ0) is 19.1. The van der Waals surface area contributed by atoms with E-state index in [-0.39, 0.29) is 24.4 Å². The normalized spacial score (nSPS) is 21.4. The minimum Gasteiger partial charge on any atom is -0.333 e. The third kappa shape index (κ3) is 3.58. The maximum atomic E-state index is 13.4. The lowest BCUT2D eigenvalue weighted by Gasteiger charge is -2.37.